The summed E-state index contributed by atoms with van der Waals surface area (Å²) in [5.41, 5.74) is 3.90. The van der Waals surface area contributed by atoms with Crippen LogP contribution in [-0.4, -0.2) is 64.5 Å². The van der Waals surface area contributed by atoms with Crippen LogP contribution in [0.2, 0.25) is 10.0 Å². The first-order valence-corrected chi connectivity index (χ1v) is 14.3. The maximum absolute atomic E-state index is 13.7. The Hall–Kier alpha value is -3.94. The lowest BCUT2D eigenvalue weighted by atomic mass is 10.0. The maximum atomic E-state index is 13.7. The molecule has 4 aromatic rings. The van der Waals surface area contributed by atoms with Crippen molar-refractivity contribution in [2.75, 3.05) is 37.6 Å². The normalized spacial score (nSPS) is 14.0. The minimum atomic E-state index is -0.267. The Morgan fingerprint density at radius 2 is 1.59 bits per heavy atom. The van der Waals surface area contributed by atoms with Gasteiger partial charge >= 0.3 is 0 Å². The van der Waals surface area contributed by atoms with E-state index in [4.69, 9.17) is 23.2 Å². The van der Waals surface area contributed by atoms with E-state index in [2.05, 4.69) is 15.1 Å². The molecule has 0 unspecified atom stereocenters. The van der Waals surface area contributed by atoms with Gasteiger partial charge in [0.15, 0.2) is 5.82 Å². The predicted octanol–water partition coefficient (Wildman–Crippen LogP) is 6.31. The van der Waals surface area contributed by atoms with Crippen molar-refractivity contribution in [2.24, 2.45) is 0 Å². The van der Waals surface area contributed by atoms with Crippen molar-refractivity contribution in [3.63, 3.8) is 0 Å². The Kier molecular flexibility index (Phi) is 8.86. The number of hydrogen-bond acceptors (Lipinski definition) is 5. The molecule has 0 N–H and O–H groups in total. The molecule has 0 bridgehead atoms. The Morgan fingerprint density at radius 1 is 0.878 bits per heavy atom. The van der Waals surface area contributed by atoms with E-state index in [1.165, 1.54) is 0 Å². The van der Waals surface area contributed by atoms with Gasteiger partial charge in [0.1, 0.15) is 6.54 Å². The second-order valence-electron chi connectivity index (χ2n) is 10.1. The molecule has 210 valence electrons. The van der Waals surface area contributed by atoms with E-state index in [1.807, 2.05) is 91.5 Å². The lowest BCUT2D eigenvalue weighted by Gasteiger charge is -2.37. The smallest absolute Gasteiger partial charge is 0.255 e. The average molecular weight is 589 g/mol. The number of benzene rings is 3. The molecule has 41 heavy (non-hydrogen) atoms. The van der Waals surface area contributed by atoms with Gasteiger partial charge in [-0.3, -0.25) is 9.59 Å². The van der Waals surface area contributed by atoms with Crippen LogP contribution in [0.5, 0.6) is 0 Å². The van der Waals surface area contributed by atoms with Crippen molar-refractivity contribution in [3.8, 4) is 11.3 Å². The summed E-state index contributed by atoms with van der Waals surface area (Å²) < 4.78 is 0. The fourth-order valence-corrected chi connectivity index (χ4v) is 5.53. The summed E-state index contributed by atoms with van der Waals surface area (Å²) in [6.07, 6.45) is 0. The molecule has 1 aliphatic rings. The average Bonchev–Trinajstić information content (AvgIpc) is 3.00. The zero-order valence-corrected chi connectivity index (χ0v) is 24.5. The molecule has 9 heteroatoms. The zero-order valence-electron chi connectivity index (χ0n) is 23.0. The van der Waals surface area contributed by atoms with Crippen LogP contribution in [0.15, 0.2) is 84.9 Å². The van der Waals surface area contributed by atoms with Gasteiger partial charge in [-0.2, -0.15) is 0 Å². The molecule has 0 spiro atoms. The van der Waals surface area contributed by atoms with Gasteiger partial charge in [-0.05, 0) is 61.4 Å². The first-order chi connectivity index (χ1) is 19.8. The highest BCUT2D eigenvalue weighted by molar-refractivity contribution is 6.36. The van der Waals surface area contributed by atoms with Crippen LogP contribution in [0.3, 0.4) is 0 Å². The molecule has 3 aromatic carbocycles. The minimum Gasteiger partial charge on any atom is -0.352 e. The summed E-state index contributed by atoms with van der Waals surface area (Å²) in [6, 6.07) is 26.1. The molecule has 1 aliphatic heterocycles. The van der Waals surface area contributed by atoms with E-state index >= 15 is 0 Å². The molecular weight excluding hydrogens is 557 g/mol. The van der Waals surface area contributed by atoms with Gasteiger partial charge in [-0.25, -0.2) is 0 Å². The molecule has 0 radical (unpaired) electrons. The molecule has 2 amide bonds. The van der Waals surface area contributed by atoms with Crippen LogP contribution in [0.1, 0.15) is 34.5 Å². The third-order valence-corrected chi connectivity index (χ3v) is 8.05. The topological polar surface area (TPSA) is 69.6 Å². The quantitative estimate of drug-likeness (QED) is 0.253. The van der Waals surface area contributed by atoms with E-state index < -0.39 is 0 Å². The lowest BCUT2D eigenvalue weighted by Crippen LogP contribution is -2.52. The molecule has 1 saturated heterocycles. The molecule has 0 saturated carbocycles. The van der Waals surface area contributed by atoms with Gasteiger partial charge in [0, 0.05) is 42.3 Å². The number of amides is 2. The first kappa shape index (κ1) is 28.6. The highest BCUT2D eigenvalue weighted by Gasteiger charge is 2.29. The van der Waals surface area contributed by atoms with Crippen molar-refractivity contribution < 1.29 is 9.59 Å². The van der Waals surface area contributed by atoms with Crippen LogP contribution in [0.4, 0.5) is 5.82 Å². The summed E-state index contributed by atoms with van der Waals surface area (Å²) in [4.78, 5) is 32.9. The highest BCUT2D eigenvalue weighted by atomic mass is 35.5. The van der Waals surface area contributed by atoms with Gasteiger partial charge in [0.25, 0.3) is 5.91 Å². The predicted molar refractivity (Wildman–Crippen MR) is 163 cm³/mol. The molecule has 5 rings (SSSR count). The monoisotopic (exact) mass is 587 g/mol. The first-order valence-electron chi connectivity index (χ1n) is 13.5. The molecule has 7 nitrogen and oxygen atoms in total. The van der Waals surface area contributed by atoms with Crippen molar-refractivity contribution in [1.29, 1.82) is 0 Å². The Labute approximate surface area is 250 Å². The molecule has 0 aliphatic carbocycles. The number of carbonyl (C=O) groups excluding carboxylic acids is 2. The van der Waals surface area contributed by atoms with E-state index in [0.29, 0.717) is 47.5 Å². The van der Waals surface area contributed by atoms with E-state index in [9.17, 15) is 9.59 Å². The third kappa shape index (κ3) is 6.53. The summed E-state index contributed by atoms with van der Waals surface area (Å²) in [5, 5.41) is 9.86. The van der Waals surface area contributed by atoms with Gasteiger partial charge in [0.05, 0.1) is 16.8 Å². The SMILES string of the molecule is Cc1ccccc1C(=O)N(CC(=O)N1CCN(c2ccc(-c3ccc(Cl)cc3Cl)nn2)CC1)[C@@H](C)c1ccccc1. The summed E-state index contributed by atoms with van der Waals surface area (Å²) in [5.74, 6) is 0.510. The number of halogens is 2. The molecular formula is C32H31Cl2N5O2. The Balaban J connectivity index is 1.26. The fourth-order valence-electron chi connectivity index (χ4n) is 5.03. The number of anilines is 1. The lowest BCUT2D eigenvalue weighted by molar-refractivity contribution is -0.132. The summed E-state index contributed by atoms with van der Waals surface area (Å²) in [7, 11) is 0. The number of aryl methyl sites for hydroxylation is 1. The molecule has 2 heterocycles. The number of rotatable bonds is 7. The van der Waals surface area contributed by atoms with Crippen molar-refractivity contribution in [2.45, 2.75) is 19.9 Å². The van der Waals surface area contributed by atoms with Crippen LogP contribution in [0, 0.1) is 6.92 Å². The van der Waals surface area contributed by atoms with Gasteiger partial charge < -0.3 is 14.7 Å². The van der Waals surface area contributed by atoms with Crippen molar-refractivity contribution in [3.05, 3.63) is 112 Å². The number of hydrogen-bond donors (Lipinski definition) is 0. The van der Waals surface area contributed by atoms with E-state index in [-0.39, 0.29) is 24.4 Å². The standard InChI is InChI=1S/C32H31Cl2N5O2/c1-22-8-6-7-11-26(22)32(41)39(23(2)24-9-4-3-5-10-24)21-31(40)38-18-16-37(17-19-38)30-15-14-29(35-36-30)27-13-12-25(33)20-28(27)34/h3-15,20,23H,16-19,21H2,1-2H3/t23-/m0/s1. The van der Waals surface area contributed by atoms with E-state index in [1.54, 1.807) is 17.0 Å². The fraction of sp³-hybridized carbons (Fsp3) is 0.250. The van der Waals surface area contributed by atoms with Crippen molar-refractivity contribution in [1.82, 2.24) is 20.0 Å². The summed E-state index contributed by atoms with van der Waals surface area (Å²) in [6.45, 7) is 6.16. The number of carbonyl (C=O) groups is 2. The Bertz CT molecular complexity index is 1520. The largest absolute Gasteiger partial charge is 0.352 e. The van der Waals surface area contributed by atoms with Crippen LogP contribution < -0.4 is 4.90 Å². The van der Waals surface area contributed by atoms with Gasteiger partial charge in [-0.15, -0.1) is 10.2 Å². The second-order valence-corrected chi connectivity index (χ2v) is 10.9. The summed E-state index contributed by atoms with van der Waals surface area (Å²) >= 11 is 12.3. The molecule has 1 fully saturated rings. The Morgan fingerprint density at radius 3 is 2.24 bits per heavy atom. The highest BCUT2D eigenvalue weighted by Crippen LogP contribution is 2.29. The number of piperazine rings is 1. The van der Waals surface area contributed by atoms with Crippen molar-refractivity contribution >= 4 is 40.8 Å². The van der Waals surface area contributed by atoms with Crippen LogP contribution >= 0.6 is 23.2 Å². The van der Waals surface area contributed by atoms with Gasteiger partial charge in [0.2, 0.25) is 5.91 Å². The molecule has 1 atom stereocenters. The zero-order chi connectivity index (χ0) is 28.9. The second kappa shape index (κ2) is 12.7. The third-order valence-electron chi connectivity index (χ3n) is 7.51. The maximum Gasteiger partial charge on any atom is 0.255 e. The van der Waals surface area contributed by atoms with Crippen LogP contribution in [0.25, 0.3) is 11.3 Å². The van der Waals surface area contributed by atoms with E-state index in [0.717, 1.165) is 22.5 Å². The van der Waals surface area contributed by atoms with Gasteiger partial charge in [-0.1, -0.05) is 71.7 Å². The molecule has 1 aromatic heterocycles. The van der Waals surface area contributed by atoms with Crippen LogP contribution in [-0.2, 0) is 4.79 Å². The number of nitrogens with zero attached hydrogens (tertiary/aromatic N) is 5. The number of aromatic nitrogens is 2. The minimum absolute atomic E-state index is 0.000414.